The van der Waals surface area contributed by atoms with Gasteiger partial charge in [-0.2, -0.15) is 4.72 Å². The Bertz CT molecular complexity index is 2390. The van der Waals surface area contributed by atoms with Gasteiger partial charge >= 0.3 is 11.9 Å². The lowest BCUT2D eigenvalue weighted by Crippen LogP contribution is -2.50. The lowest BCUT2D eigenvalue weighted by molar-refractivity contribution is -0.156. The molecule has 3 N–H and O–H groups in total. The molecule has 15 nitrogen and oxygen atoms in total. The average molecular weight is 899 g/mol. The molecule has 1 amide bonds. The first-order valence-corrected chi connectivity index (χ1v) is 24.0. The molecule has 0 radical (unpaired) electrons. The number of carbonyl (C=O) groups is 3. The molecule has 2 aliphatic heterocycles. The van der Waals surface area contributed by atoms with Crippen molar-refractivity contribution in [3.05, 3.63) is 80.6 Å². The number of benzene rings is 1. The molecule has 3 heterocycles. The number of unbranched alkanes of at least 4 members (excludes halogenated alkanes) is 1. The van der Waals surface area contributed by atoms with Crippen molar-refractivity contribution >= 4 is 43.7 Å². The van der Waals surface area contributed by atoms with Gasteiger partial charge in [0.25, 0.3) is 10.0 Å². The van der Waals surface area contributed by atoms with Gasteiger partial charge < -0.3 is 24.6 Å². The van der Waals surface area contributed by atoms with Gasteiger partial charge in [-0.3, -0.25) is 14.4 Å². The number of rotatable bonds is 18. The Balaban J connectivity index is 1.21. The van der Waals surface area contributed by atoms with E-state index in [0.717, 1.165) is 16.7 Å². The number of amides is 1. The summed E-state index contributed by atoms with van der Waals surface area (Å²) < 4.78 is 77.7. The molecular weight excluding hydrogens is 837 g/mol. The summed E-state index contributed by atoms with van der Waals surface area (Å²) in [6.07, 6.45) is 6.55. The summed E-state index contributed by atoms with van der Waals surface area (Å²) in [7, 11) is -8.29. The fourth-order valence-corrected chi connectivity index (χ4v) is 11.7. The SMILES string of the molecule is CC1=C2C(=CC=C(S(=O)(=O)N3CCCc4ccc(CCCCC(=O)NCC(NS(=O)(=O)c5c(C)cc(OCCCC(=O)O)cc5C)C(=O)OC(C)(C)C)nc43)C2(C)C)OC1(C)C. The Morgan fingerprint density at radius 2 is 1.65 bits per heavy atom. The monoisotopic (exact) mass is 898 g/mol. The number of hydrogen-bond acceptors (Lipinski definition) is 11. The summed E-state index contributed by atoms with van der Waals surface area (Å²) >= 11 is 0. The van der Waals surface area contributed by atoms with Crippen LogP contribution in [-0.2, 0) is 56.7 Å². The number of fused-ring (bicyclic) bond motifs is 2. The highest BCUT2D eigenvalue weighted by atomic mass is 32.2. The van der Waals surface area contributed by atoms with Gasteiger partial charge in [-0.25, -0.2) is 26.1 Å². The molecule has 0 saturated carbocycles. The Labute approximate surface area is 366 Å². The smallest absolute Gasteiger partial charge is 0.326 e. The molecule has 1 aliphatic carbocycles. The minimum Gasteiger partial charge on any atom is -0.494 e. The van der Waals surface area contributed by atoms with E-state index in [1.807, 2.05) is 46.8 Å². The molecule has 1 atom stereocenters. The Morgan fingerprint density at radius 3 is 2.29 bits per heavy atom. The molecule has 2 aromatic rings. The fraction of sp³-hybridized carbons (Fsp3) is 0.556. The van der Waals surface area contributed by atoms with Gasteiger partial charge in [-0.05, 0) is 147 Å². The highest BCUT2D eigenvalue weighted by molar-refractivity contribution is 7.96. The second-order valence-corrected chi connectivity index (χ2v) is 21.7. The van der Waals surface area contributed by atoms with E-state index in [1.54, 1.807) is 46.8 Å². The Kier molecular flexibility index (Phi) is 14.4. The number of sulfonamides is 2. The first-order valence-electron chi connectivity index (χ1n) is 21.1. The van der Waals surface area contributed by atoms with Gasteiger partial charge in [0, 0.05) is 42.6 Å². The van der Waals surface area contributed by atoms with Crippen LogP contribution in [0.2, 0.25) is 0 Å². The van der Waals surface area contributed by atoms with Crippen molar-refractivity contribution in [3.63, 3.8) is 0 Å². The molecule has 3 aliphatic rings. The molecule has 5 rings (SSSR count). The number of carboxylic acids is 1. The van der Waals surface area contributed by atoms with Crippen LogP contribution in [0.15, 0.2) is 63.1 Å². The molecule has 1 aromatic carbocycles. The van der Waals surface area contributed by atoms with Crippen LogP contribution in [0, 0.1) is 19.3 Å². The first kappa shape index (κ1) is 48.3. The van der Waals surface area contributed by atoms with Crippen molar-refractivity contribution in [2.75, 3.05) is 24.0 Å². The van der Waals surface area contributed by atoms with Crippen LogP contribution in [-0.4, -0.2) is 81.7 Å². The number of nitrogens with zero attached hydrogens (tertiary/aromatic N) is 2. The minimum absolute atomic E-state index is 0.0616. The van der Waals surface area contributed by atoms with Crippen molar-refractivity contribution in [3.8, 4) is 5.75 Å². The second-order valence-electron chi connectivity index (χ2n) is 18.2. The predicted octanol–water partition coefficient (Wildman–Crippen LogP) is 6.48. The maximum atomic E-state index is 14.5. The van der Waals surface area contributed by atoms with Crippen LogP contribution in [0.4, 0.5) is 5.82 Å². The van der Waals surface area contributed by atoms with E-state index in [-0.39, 0.29) is 42.2 Å². The fourth-order valence-electron chi connectivity index (χ4n) is 8.13. The van der Waals surface area contributed by atoms with E-state index in [2.05, 4.69) is 10.0 Å². The second kappa shape index (κ2) is 18.5. The highest BCUT2D eigenvalue weighted by Gasteiger charge is 2.49. The van der Waals surface area contributed by atoms with Crippen LogP contribution < -0.4 is 19.1 Å². The van der Waals surface area contributed by atoms with Crippen molar-refractivity contribution in [1.29, 1.82) is 0 Å². The van der Waals surface area contributed by atoms with Gasteiger partial charge in [0.1, 0.15) is 34.6 Å². The first-order chi connectivity index (χ1) is 28.7. The van der Waals surface area contributed by atoms with Crippen molar-refractivity contribution in [2.45, 2.75) is 143 Å². The summed E-state index contributed by atoms with van der Waals surface area (Å²) in [5.41, 5.74) is 1.81. The Hall–Kier alpha value is -4.74. The van der Waals surface area contributed by atoms with E-state index in [1.165, 1.54) is 16.4 Å². The number of aliphatic carboxylic acids is 1. The number of anilines is 1. The number of carboxylic acid groups (broad SMARTS) is 1. The van der Waals surface area contributed by atoms with E-state index in [0.29, 0.717) is 72.8 Å². The average Bonchev–Trinajstić information content (AvgIpc) is 3.39. The molecule has 0 saturated heterocycles. The summed E-state index contributed by atoms with van der Waals surface area (Å²) in [6, 6.07) is 5.43. The largest absolute Gasteiger partial charge is 0.494 e. The number of aryl methyl sites for hydroxylation is 4. The van der Waals surface area contributed by atoms with Gasteiger partial charge in [0.2, 0.25) is 15.9 Å². The number of esters is 1. The molecule has 62 heavy (non-hydrogen) atoms. The minimum atomic E-state index is -4.31. The van der Waals surface area contributed by atoms with E-state index >= 15 is 0 Å². The third-order valence-corrected chi connectivity index (χ3v) is 15.1. The lowest BCUT2D eigenvalue weighted by Gasteiger charge is -2.37. The summed E-state index contributed by atoms with van der Waals surface area (Å²) in [5, 5.41) is 11.6. The lowest BCUT2D eigenvalue weighted by atomic mass is 9.76. The maximum Gasteiger partial charge on any atom is 0.326 e. The van der Waals surface area contributed by atoms with E-state index in [4.69, 9.17) is 24.3 Å². The van der Waals surface area contributed by atoms with Gasteiger partial charge in [0.15, 0.2) is 0 Å². The number of nitrogens with one attached hydrogen (secondary N) is 2. The molecule has 17 heteroatoms. The maximum absolute atomic E-state index is 14.5. The molecule has 1 aromatic heterocycles. The quantitative estimate of drug-likeness (QED) is 0.109. The predicted molar refractivity (Wildman–Crippen MR) is 235 cm³/mol. The number of aromatic nitrogens is 1. The molecule has 0 fully saturated rings. The number of hydrogen-bond donors (Lipinski definition) is 3. The third kappa shape index (κ3) is 11.1. The van der Waals surface area contributed by atoms with Crippen molar-refractivity contribution < 1.29 is 50.5 Å². The zero-order valence-electron chi connectivity index (χ0n) is 37.6. The summed E-state index contributed by atoms with van der Waals surface area (Å²) in [5.74, 6) is -0.709. The molecule has 340 valence electrons. The van der Waals surface area contributed by atoms with Gasteiger partial charge in [-0.1, -0.05) is 19.9 Å². The molecule has 1 unspecified atom stereocenters. The van der Waals surface area contributed by atoms with E-state index < -0.39 is 60.6 Å². The van der Waals surface area contributed by atoms with Crippen LogP contribution in [0.3, 0.4) is 0 Å². The zero-order valence-corrected chi connectivity index (χ0v) is 39.2. The third-order valence-electron chi connectivity index (χ3n) is 11.2. The van der Waals surface area contributed by atoms with Crippen molar-refractivity contribution in [2.24, 2.45) is 5.41 Å². The topological polar surface area (TPSA) is 208 Å². The molecule has 0 bridgehead atoms. The van der Waals surface area contributed by atoms with Gasteiger partial charge in [0.05, 0.1) is 16.4 Å². The van der Waals surface area contributed by atoms with Gasteiger partial charge in [-0.15, -0.1) is 0 Å². The summed E-state index contributed by atoms with van der Waals surface area (Å²) in [4.78, 5) is 42.3. The highest BCUT2D eigenvalue weighted by Crippen LogP contribution is 2.53. The van der Waals surface area contributed by atoms with Crippen LogP contribution in [0.1, 0.15) is 116 Å². The number of pyridine rings is 1. The van der Waals surface area contributed by atoms with Crippen LogP contribution in [0.5, 0.6) is 5.75 Å². The Morgan fingerprint density at radius 1 is 0.968 bits per heavy atom. The summed E-state index contributed by atoms with van der Waals surface area (Å²) in [6.45, 7) is 18.0. The number of carbonyl (C=O) groups excluding carboxylic acids is 2. The zero-order chi connectivity index (χ0) is 46.0. The number of allylic oxidation sites excluding steroid dienone is 4. The number of ether oxygens (including phenoxy) is 3. The molecule has 0 spiro atoms. The van der Waals surface area contributed by atoms with E-state index in [9.17, 15) is 31.2 Å². The molecular formula is C45H62N4O11S2. The standard InChI is InChI=1S/C45H62N4O11S2/c1-28-25-33(58-24-14-18-38(51)52)26-29(2)40(28)61(54,55)48-34(42(53)60-43(4,5)6)27-46-37(50)17-12-11-16-32-20-19-31-15-13-23-49(41(31)47-32)62(56,57)36-22-21-35-39(44(36,7)8)30(3)45(9,10)59-35/h19-22,25-26,34,48H,11-18,23-24,27H2,1-10H3,(H,46,50)(H,51,52). The normalized spacial score (nSPS) is 17.5. The van der Waals surface area contributed by atoms with Crippen LogP contribution >= 0.6 is 0 Å². The van der Waals surface area contributed by atoms with Crippen molar-refractivity contribution in [1.82, 2.24) is 15.0 Å². The van der Waals surface area contributed by atoms with Crippen LogP contribution in [0.25, 0.3) is 0 Å².